The van der Waals surface area contributed by atoms with Gasteiger partial charge in [-0.3, -0.25) is 0 Å². The van der Waals surface area contributed by atoms with E-state index in [1.54, 1.807) is 0 Å². The second-order valence-corrected chi connectivity index (χ2v) is 2.84. The van der Waals surface area contributed by atoms with Crippen molar-refractivity contribution in [3.63, 3.8) is 0 Å². The second-order valence-electron chi connectivity index (χ2n) is 2.84. The standard InChI is InChI=1S/C9H3F6N/c1-16-7-4-5(8(10,11)12)2-3-6(7)9(13,14)15/h2-4H. The summed E-state index contributed by atoms with van der Waals surface area (Å²) in [5, 5.41) is 0. The van der Waals surface area contributed by atoms with Crippen molar-refractivity contribution in [2.45, 2.75) is 12.4 Å². The smallest absolute Gasteiger partial charge is 0.238 e. The fourth-order valence-corrected chi connectivity index (χ4v) is 1.04. The van der Waals surface area contributed by atoms with Gasteiger partial charge in [-0.1, -0.05) is 12.1 Å². The first-order valence-corrected chi connectivity index (χ1v) is 3.82. The van der Waals surface area contributed by atoms with Gasteiger partial charge < -0.3 is 0 Å². The Labute approximate surface area is 86.1 Å². The summed E-state index contributed by atoms with van der Waals surface area (Å²) in [5.41, 5.74) is -3.69. The van der Waals surface area contributed by atoms with Crippen LogP contribution in [-0.4, -0.2) is 0 Å². The van der Waals surface area contributed by atoms with Gasteiger partial charge in [-0.15, -0.1) is 0 Å². The highest BCUT2D eigenvalue weighted by Crippen LogP contribution is 2.39. The van der Waals surface area contributed by atoms with Crippen LogP contribution in [0.15, 0.2) is 18.2 Å². The summed E-state index contributed by atoms with van der Waals surface area (Å²) >= 11 is 0. The predicted molar refractivity (Wildman–Crippen MR) is 42.7 cm³/mol. The van der Waals surface area contributed by atoms with Crippen LogP contribution in [0.5, 0.6) is 0 Å². The van der Waals surface area contributed by atoms with Gasteiger partial charge in [0.1, 0.15) is 0 Å². The van der Waals surface area contributed by atoms with Gasteiger partial charge in [-0.05, 0) is 6.07 Å². The number of halogens is 6. The van der Waals surface area contributed by atoms with Crippen LogP contribution < -0.4 is 0 Å². The average Bonchev–Trinajstić information content (AvgIpc) is 2.14. The molecule has 0 amide bonds. The molecule has 0 aliphatic carbocycles. The molecule has 86 valence electrons. The third-order valence-electron chi connectivity index (χ3n) is 1.75. The lowest BCUT2D eigenvalue weighted by Crippen LogP contribution is -2.08. The second kappa shape index (κ2) is 3.70. The van der Waals surface area contributed by atoms with Crippen LogP contribution in [-0.2, 0) is 12.4 Å². The van der Waals surface area contributed by atoms with E-state index in [4.69, 9.17) is 6.57 Å². The first-order chi connectivity index (χ1) is 7.16. The lowest BCUT2D eigenvalue weighted by atomic mass is 10.1. The van der Waals surface area contributed by atoms with E-state index in [-0.39, 0.29) is 12.1 Å². The molecule has 0 aliphatic heterocycles. The molecule has 0 aliphatic rings. The summed E-state index contributed by atoms with van der Waals surface area (Å²) in [6, 6.07) is 0.753. The highest BCUT2D eigenvalue weighted by atomic mass is 19.4. The Morgan fingerprint density at radius 2 is 1.50 bits per heavy atom. The van der Waals surface area contributed by atoms with Crippen molar-refractivity contribution in [3.05, 3.63) is 40.7 Å². The summed E-state index contributed by atoms with van der Waals surface area (Å²) in [4.78, 5) is 2.44. The molecule has 0 aromatic heterocycles. The summed E-state index contributed by atoms with van der Waals surface area (Å²) < 4.78 is 73.2. The monoisotopic (exact) mass is 239 g/mol. The lowest BCUT2D eigenvalue weighted by molar-refractivity contribution is -0.140. The molecule has 0 N–H and O–H groups in total. The average molecular weight is 239 g/mol. The number of nitrogens with zero attached hydrogens (tertiary/aromatic N) is 1. The molecule has 0 atom stereocenters. The number of alkyl halides is 6. The van der Waals surface area contributed by atoms with Crippen molar-refractivity contribution in [1.29, 1.82) is 0 Å². The van der Waals surface area contributed by atoms with E-state index in [2.05, 4.69) is 4.85 Å². The Balaban J connectivity index is 3.36. The number of hydrogen-bond acceptors (Lipinski definition) is 0. The topological polar surface area (TPSA) is 4.36 Å². The Morgan fingerprint density at radius 3 is 1.88 bits per heavy atom. The van der Waals surface area contributed by atoms with E-state index in [0.29, 0.717) is 6.07 Å². The molecule has 0 saturated heterocycles. The normalized spacial score (nSPS) is 12.3. The van der Waals surface area contributed by atoms with E-state index in [0.717, 1.165) is 0 Å². The van der Waals surface area contributed by atoms with Gasteiger partial charge in [0.25, 0.3) is 0 Å². The number of rotatable bonds is 0. The van der Waals surface area contributed by atoms with Crippen LogP contribution in [0.2, 0.25) is 0 Å². The Hall–Kier alpha value is -1.71. The Morgan fingerprint density at radius 1 is 0.938 bits per heavy atom. The van der Waals surface area contributed by atoms with Crippen LogP contribution >= 0.6 is 0 Å². The minimum Gasteiger partial charge on any atom is -0.238 e. The third kappa shape index (κ3) is 2.45. The highest BCUT2D eigenvalue weighted by Gasteiger charge is 2.36. The van der Waals surface area contributed by atoms with E-state index in [9.17, 15) is 26.3 Å². The van der Waals surface area contributed by atoms with Crippen LogP contribution in [0.3, 0.4) is 0 Å². The summed E-state index contributed by atoms with van der Waals surface area (Å²) in [5.74, 6) is 0. The lowest BCUT2D eigenvalue weighted by Gasteiger charge is -2.11. The van der Waals surface area contributed by atoms with Crippen molar-refractivity contribution in [3.8, 4) is 0 Å². The van der Waals surface area contributed by atoms with Crippen LogP contribution in [0, 0.1) is 6.57 Å². The molecule has 0 spiro atoms. The molecule has 1 aromatic carbocycles. The molecule has 1 nitrogen and oxygen atoms in total. The van der Waals surface area contributed by atoms with Gasteiger partial charge in [0.15, 0.2) is 5.69 Å². The zero-order valence-corrected chi connectivity index (χ0v) is 7.45. The van der Waals surface area contributed by atoms with Crippen molar-refractivity contribution in [2.24, 2.45) is 0 Å². The molecule has 0 saturated carbocycles. The summed E-state index contributed by atoms with van der Waals surface area (Å²) in [6.07, 6.45) is -9.59. The van der Waals surface area contributed by atoms with Crippen LogP contribution in [0.25, 0.3) is 4.85 Å². The van der Waals surface area contributed by atoms with Gasteiger partial charge in [0.05, 0.1) is 12.1 Å². The minimum atomic E-state index is -4.83. The van der Waals surface area contributed by atoms with E-state index in [1.807, 2.05) is 0 Å². The maximum absolute atomic E-state index is 12.2. The van der Waals surface area contributed by atoms with Crippen molar-refractivity contribution >= 4 is 5.69 Å². The SMILES string of the molecule is [C-]#[N+]c1cc(C(F)(F)F)ccc1C(F)(F)F. The molecule has 16 heavy (non-hydrogen) atoms. The Bertz CT molecular complexity index is 437. The fourth-order valence-electron chi connectivity index (χ4n) is 1.04. The zero-order chi connectivity index (χ0) is 12.6. The molecular formula is C9H3F6N. The first kappa shape index (κ1) is 12.4. The largest absolute Gasteiger partial charge is 0.415 e. The fraction of sp³-hybridized carbons (Fsp3) is 0.222. The molecule has 1 aromatic rings. The number of benzene rings is 1. The first-order valence-electron chi connectivity index (χ1n) is 3.82. The summed E-state index contributed by atoms with van der Waals surface area (Å²) in [6.45, 7) is 6.42. The van der Waals surface area contributed by atoms with Gasteiger partial charge >= 0.3 is 12.4 Å². The molecular weight excluding hydrogens is 236 g/mol. The van der Waals surface area contributed by atoms with Crippen LogP contribution in [0.4, 0.5) is 32.0 Å². The van der Waals surface area contributed by atoms with Crippen molar-refractivity contribution < 1.29 is 26.3 Å². The van der Waals surface area contributed by atoms with E-state index < -0.39 is 29.2 Å². The molecule has 1 rings (SSSR count). The van der Waals surface area contributed by atoms with E-state index >= 15 is 0 Å². The number of hydrogen-bond donors (Lipinski definition) is 0. The van der Waals surface area contributed by atoms with Crippen molar-refractivity contribution in [2.75, 3.05) is 0 Å². The predicted octanol–water partition coefficient (Wildman–Crippen LogP) is 4.27. The van der Waals surface area contributed by atoms with Gasteiger partial charge in [0.2, 0.25) is 0 Å². The maximum Gasteiger partial charge on any atom is 0.415 e. The molecule has 0 unspecified atom stereocenters. The summed E-state index contributed by atoms with van der Waals surface area (Å²) in [7, 11) is 0. The van der Waals surface area contributed by atoms with Crippen molar-refractivity contribution in [1.82, 2.24) is 0 Å². The molecule has 0 fully saturated rings. The van der Waals surface area contributed by atoms with E-state index in [1.165, 1.54) is 0 Å². The van der Waals surface area contributed by atoms with Gasteiger partial charge in [-0.2, -0.15) is 26.3 Å². The Kier molecular flexibility index (Phi) is 2.86. The highest BCUT2D eigenvalue weighted by molar-refractivity contribution is 5.56. The maximum atomic E-state index is 12.2. The van der Waals surface area contributed by atoms with Crippen LogP contribution in [0.1, 0.15) is 11.1 Å². The molecule has 0 heterocycles. The third-order valence-corrected chi connectivity index (χ3v) is 1.75. The van der Waals surface area contributed by atoms with Gasteiger partial charge in [0, 0.05) is 5.56 Å². The zero-order valence-electron chi connectivity index (χ0n) is 7.45. The minimum absolute atomic E-state index is 0.190. The molecule has 0 bridgehead atoms. The molecule has 7 heteroatoms. The molecule has 0 radical (unpaired) electrons. The van der Waals surface area contributed by atoms with Gasteiger partial charge in [-0.25, -0.2) is 4.85 Å². The quantitative estimate of drug-likeness (QED) is 0.470.